The number of carbonyl (C=O) groups excluding carboxylic acids is 2. The zero-order valence-electron chi connectivity index (χ0n) is 16.6. The second kappa shape index (κ2) is 13.7. The molecule has 0 aromatic heterocycles. The molecule has 2 N–H and O–H groups in total. The summed E-state index contributed by atoms with van der Waals surface area (Å²) in [6, 6.07) is 5.59. The maximum Gasteiger partial charge on any atom is 0.314 e. The summed E-state index contributed by atoms with van der Waals surface area (Å²) < 4.78 is 15.7. The van der Waals surface area contributed by atoms with E-state index in [9.17, 15) is 9.59 Å². The minimum atomic E-state index is -0.182. The maximum atomic E-state index is 11.8. The molecule has 0 aliphatic carbocycles. The molecule has 0 saturated heterocycles. The van der Waals surface area contributed by atoms with Gasteiger partial charge < -0.3 is 24.8 Å². The van der Waals surface area contributed by atoms with Gasteiger partial charge in [-0.1, -0.05) is 12.5 Å². The van der Waals surface area contributed by atoms with Gasteiger partial charge in [0.05, 0.1) is 20.3 Å². The molecule has 7 nitrogen and oxygen atoms in total. The van der Waals surface area contributed by atoms with E-state index in [4.69, 9.17) is 14.2 Å². The van der Waals surface area contributed by atoms with Gasteiger partial charge in [0.25, 0.3) is 0 Å². The third-order valence-electron chi connectivity index (χ3n) is 3.88. The van der Waals surface area contributed by atoms with Crippen LogP contribution in [0.2, 0.25) is 0 Å². The summed E-state index contributed by atoms with van der Waals surface area (Å²) in [5, 5.41) is 5.66. The highest BCUT2D eigenvalue weighted by Gasteiger charge is 2.06. The first-order valence-electron chi connectivity index (χ1n) is 9.57. The van der Waals surface area contributed by atoms with E-state index in [1.807, 2.05) is 25.1 Å². The van der Waals surface area contributed by atoms with Crippen molar-refractivity contribution in [3.63, 3.8) is 0 Å². The number of esters is 1. The summed E-state index contributed by atoms with van der Waals surface area (Å²) in [7, 11) is 1.61. The molecule has 0 fully saturated rings. The number of benzene rings is 1. The van der Waals surface area contributed by atoms with Crippen molar-refractivity contribution in [1.29, 1.82) is 0 Å². The lowest BCUT2D eigenvalue weighted by molar-refractivity contribution is -0.143. The average molecular weight is 380 g/mol. The van der Waals surface area contributed by atoms with Crippen molar-refractivity contribution in [3.8, 4) is 11.5 Å². The van der Waals surface area contributed by atoms with Gasteiger partial charge in [0.1, 0.15) is 0 Å². The summed E-state index contributed by atoms with van der Waals surface area (Å²) in [5.74, 6) is 1.26. The Morgan fingerprint density at radius 1 is 0.963 bits per heavy atom. The van der Waals surface area contributed by atoms with Crippen molar-refractivity contribution >= 4 is 12.0 Å². The fourth-order valence-corrected chi connectivity index (χ4v) is 2.53. The van der Waals surface area contributed by atoms with Crippen molar-refractivity contribution in [1.82, 2.24) is 10.6 Å². The van der Waals surface area contributed by atoms with E-state index in [0.717, 1.165) is 30.6 Å². The Morgan fingerprint density at radius 2 is 1.74 bits per heavy atom. The molecule has 0 aliphatic heterocycles. The first kappa shape index (κ1) is 22.6. The molecule has 0 heterocycles. The molecule has 0 spiro atoms. The lowest BCUT2D eigenvalue weighted by Crippen LogP contribution is -2.37. The fraction of sp³-hybridized carbons (Fsp3) is 0.600. The second-order valence-electron chi connectivity index (χ2n) is 5.97. The fourth-order valence-electron chi connectivity index (χ4n) is 2.53. The predicted molar refractivity (Wildman–Crippen MR) is 104 cm³/mol. The summed E-state index contributed by atoms with van der Waals surface area (Å²) in [5.41, 5.74) is 1.06. The predicted octanol–water partition coefficient (Wildman–Crippen LogP) is 3.06. The van der Waals surface area contributed by atoms with E-state index in [1.54, 1.807) is 14.0 Å². The highest BCUT2D eigenvalue weighted by molar-refractivity contribution is 5.73. The number of amides is 2. The number of hydrogen-bond acceptors (Lipinski definition) is 5. The van der Waals surface area contributed by atoms with Gasteiger partial charge in [0, 0.05) is 19.5 Å². The quantitative estimate of drug-likeness (QED) is 0.406. The minimum absolute atomic E-state index is 0.158. The summed E-state index contributed by atoms with van der Waals surface area (Å²) in [6.07, 6.45) is 3.64. The van der Waals surface area contributed by atoms with Crippen molar-refractivity contribution in [2.75, 3.05) is 33.4 Å². The highest BCUT2D eigenvalue weighted by Crippen LogP contribution is 2.28. The van der Waals surface area contributed by atoms with E-state index in [-0.39, 0.29) is 12.0 Å². The van der Waals surface area contributed by atoms with Crippen LogP contribution in [0.1, 0.15) is 45.1 Å². The molecular weight excluding hydrogens is 348 g/mol. The van der Waals surface area contributed by atoms with Crippen LogP contribution in [0.4, 0.5) is 4.79 Å². The normalized spacial score (nSPS) is 10.2. The number of carbonyl (C=O) groups is 2. The summed E-state index contributed by atoms with van der Waals surface area (Å²) in [4.78, 5) is 23.0. The van der Waals surface area contributed by atoms with E-state index in [2.05, 4.69) is 10.6 Å². The van der Waals surface area contributed by atoms with Gasteiger partial charge in [0.15, 0.2) is 11.5 Å². The van der Waals surface area contributed by atoms with Gasteiger partial charge in [0.2, 0.25) is 0 Å². The van der Waals surface area contributed by atoms with E-state index in [0.29, 0.717) is 44.9 Å². The molecule has 0 unspecified atom stereocenters. The van der Waals surface area contributed by atoms with E-state index in [1.165, 1.54) is 0 Å². The minimum Gasteiger partial charge on any atom is -0.493 e. The molecule has 0 radical (unpaired) electrons. The number of hydrogen-bond donors (Lipinski definition) is 2. The van der Waals surface area contributed by atoms with Crippen molar-refractivity contribution < 1.29 is 23.8 Å². The number of rotatable bonds is 13. The van der Waals surface area contributed by atoms with Crippen LogP contribution in [-0.2, 0) is 16.0 Å². The molecule has 0 atom stereocenters. The maximum absolute atomic E-state index is 11.8. The number of methoxy groups -OCH3 is 1. The van der Waals surface area contributed by atoms with Crippen LogP contribution in [0.15, 0.2) is 18.2 Å². The van der Waals surface area contributed by atoms with Crippen molar-refractivity contribution in [2.45, 2.75) is 46.0 Å². The standard InChI is InChI=1S/C20H32N2O5/c1-4-26-17-11-10-16(15-18(17)25-3)12-14-22-20(24)21-13-8-6-7-9-19(23)27-5-2/h10-11,15H,4-9,12-14H2,1-3H3,(H2,21,22,24). The summed E-state index contributed by atoms with van der Waals surface area (Å²) >= 11 is 0. The molecule has 1 rings (SSSR count). The molecule has 1 aromatic carbocycles. The van der Waals surface area contributed by atoms with Crippen LogP contribution in [-0.4, -0.2) is 45.4 Å². The molecule has 0 saturated carbocycles. The van der Waals surface area contributed by atoms with Gasteiger partial charge >= 0.3 is 12.0 Å². The molecule has 27 heavy (non-hydrogen) atoms. The molecule has 2 amide bonds. The van der Waals surface area contributed by atoms with Crippen LogP contribution in [0.5, 0.6) is 11.5 Å². The smallest absolute Gasteiger partial charge is 0.314 e. The van der Waals surface area contributed by atoms with Crippen LogP contribution < -0.4 is 20.1 Å². The third-order valence-corrected chi connectivity index (χ3v) is 3.88. The number of nitrogens with one attached hydrogen (secondary N) is 2. The number of unbranched alkanes of at least 4 members (excludes halogenated alkanes) is 2. The average Bonchev–Trinajstić information content (AvgIpc) is 2.66. The Balaban J connectivity index is 2.16. The highest BCUT2D eigenvalue weighted by atomic mass is 16.5. The monoisotopic (exact) mass is 380 g/mol. The third kappa shape index (κ3) is 9.72. The van der Waals surface area contributed by atoms with Crippen molar-refractivity contribution in [3.05, 3.63) is 23.8 Å². The number of ether oxygens (including phenoxy) is 3. The Bertz CT molecular complexity index is 577. The van der Waals surface area contributed by atoms with Gasteiger partial charge in [-0.2, -0.15) is 0 Å². The topological polar surface area (TPSA) is 85.9 Å². The Labute approximate surface area is 161 Å². The SMILES string of the molecule is CCOC(=O)CCCCCNC(=O)NCCc1ccc(OCC)c(OC)c1. The van der Waals surface area contributed by atoms with Crippen LogP contribution in [0, 0.1) is 0 Å². The van der Waals surface area contributed by atoms with Crippen molar-refractivity contribution in [2.24, 2.45) is 0 Å². The van der Waals surface area contributed by atoms with Crippen LogP contribution in [0.3, 0.4) is 0 Å². The largest absolute Gasteiger partial charge is 0.493 e. The first-order chi connectivity index (χ1) is 13.1. The Morgan fingerprint density at radius 3 is 2.44 bits per heavy atom. The lowest BCUT2D eigenvalue weighted by Gasteiger charge is -2.11. The van der Waals surface area contributed by atoms with Gasteiger partial charge in [-0.25, -0.2) is 4.79 Å². The molecule has 152 valence electrons. The van der Waals surface area contributed by atoms with Crippen LogP contribution >= 0.6 is 0 Å². The molecule has 1 aromatic rings. The number of urea groups is 1. The van der Waals surface area contributed by atoms with E-state index >= 15 is 0 Å². The summed E-state index contributed by atoms with van der Waals surface area (Å²) in [6.45, 7) is 5.85. The van der Waals surface area contributed by atoms with E-state index < -0.39 is 0 Å². The first-order valence-corrected chi connectivity index (χ1v) is 9.57. The molecular formula is C20H32N2O5. The Kier molecular flexibility index (Phi) is 11.5. The zero-order chi connectivity index (χ0) is 19.9. The van der Waals surface area contributed by atoms with Gasteiger partial charge in [-0.05, 0) is 50.8 Å². The van der Waals surface area contributed by atoms with Gasteiger partial charge in [-0.15, -0.1) is 0 Å². The molecule has 0 bridgehead atoms. The second-order valence-corrected chi connectivity index (χ2v) is 5.97. The van der Waals surface area contributed by atoms with Crippen LogP contribution in [0.25, 0.3) is 0 Å². The lowest BCUT2D eigenvalue weighted by atomic mass is 10.1. The molecule has 0 aliphatic rings. The van der Waals surface area contributed by atoms with Gasteiger partial charge in [-0.3, -0.25) is 4.79 Å². The zero-order valence-corrected chi connectivity index (χ0v) is 16.6. The molecule has 7 heteroatoms. The Hall–Kier alpha value is -2.44.